The quantitative estimate of drug-likeness (QED) is 0.769. The van der Waals surface area contributed by atoms with E-state index < -0.39 is 0 Å². The molecule has 3 aromatic rings. The maximum absolute atomic E-state index is 6.10. The molecule has 0 spiro atoms. The summed E-state index contributed by atoms with van der Waals surface area (Å²) in [6.07, 6.45) is 4.39. The normalized spacial score (nSPS) is 13.3. The standard InChI is InChI=1S/C13H15N3O2/c1-8-6-16-7-12(18-13(16)15-8)11(14)5-10-4-3-9(2)17-10/h3-4,6-7,11H,5,14H2,1-2H3. The second-order valence-electron chi connectivity index (χ2n) is 4.53. The molecule has 18 heavy (non-hydrogen) atoms. The van der Waals surface area contributed by atoms with Crippen molar-refractivity contribution in [1.82, 2.24) is 9.38 Å². The molecule has 3 aromatic heterocycles. The highest BCUT2D eigenvalue weighted by atomic mass is 16.4. The predicted molar refractivity (Wildman–Crippen MR) is 66.3 cm³/mol. The van der Waals surface area contributed by atoms with Gasteiger partial charge in [-0.3, -0.25) is 4.40 Å². The van der Waals surface area contributed by atoms with Crippen molar-refractivity contribution in [3.05, 3.63) is 47.5 Å². The molecule has 0 amide bonds. The lowest BCUT2D eigenvalue weighted by atomic mass is 10.1. The Balaban J connectivity index is 1.82. The van der Waals surface area contributed by atoms with E-state index in [-0.39, 0.29) is 6.04 Å². The smallest absolute Gasteiger partial charge is 0.306 e. The van der Waals surface area contributed by atoms with Crippen LogP contribution in [0.3, 0.4) is 0 Å². The van der Waals surface area contributed by atoms with E-state index in [4.69, 9.17) is 14.6 Å². The van der Waals surface area contributed by atoms with Gasteiger partial charge in [-0.05, 0) is 26.0 Å². The van der Waals surface area contributed by atoms with Gasteiger partial charge in [-0.1, -0.05) is 0 Å². The summed E-state index contributed by atoms with van der Waals surface area (Å²) >= 11 is 0. The van der Waals surface area contributed by atoms with Crippen molar-refractivity contribution >= 4 is 5.84 Å². The largest absolute Gasteiger partial charge is 0.466 e. The average molecular weight is 245 g/mol. The third-order valence-corrected chi connectivity index (χ3v) is 2.88. The van der Waals surface area contributed by atoms with Gasteiger partial charge in [-0.15, -0.1) is 0 Å². The highest BCUT2D eigenvalue weighted by Crippen LogP contribution is 2.20. The first-order valence-corrected chi connectivity index (χ1v) is 5.88. The molecule has 0 bridgehead atoms. The van der Waals surface area contributed by atoms with E-state index in [1.807, 2.05) is 42.8 Å². The monoisotopic (exact) mass is 245 g/mol. The number of nitrogens with zero attached hydrogens (tertiary/aromatic N) is 2. The Morgan fingerprint density at radius 3 is 2.78 bits per heavy atom. The summed E-state index contributed by atoms with van der Waals surface area (Å²) < 4.78 is 13.0. The highest BCUT2D eigenvalue weighted by Gasteiger charge is 2.15. The first-order valence-electron chi connectivity index (χ1n) is 5.88. The average Bonchev–Trinajstić information content (AvgIpc) is 2.92. The maximum atomic E-state index is 6.10. The zero-order valence-electron chi connectivity index (χ0n) is 10.4. The van der Waals surface area contributed by atoms with Gasteiger partial charge in [0.2, 0.25) is 0 Å². The van der Waals surface area contributed by atoms with Gasteiger partial charge in [0.05, 0.1) is 17.9 Å². The van der Waals surface area contributed by atoms with Crippen molar-refractivity contribution in [2.45, 2.75) is 26.3 Å². The van der Waals surface area contributed by atoms with Crippen LogP contribution < -0.4 is 5.73 Å². The zero-order valence-corrected chi connectivity index (χ0v) is 10.4. The highest BCUT2D eigenvalue weighted by molar-refractivity contribution is 5.28. The van der Waals surface area contributed by atoms with E-state index >= 15 is 0 Å². The van der Waals surface area contributed by atoms with Gasteiger partial charge >= 0.3 is 5.84 Å². The van der Waals surface area contributed by atoms with E-state index in [0.29, 0.717) is 18.0 Å². The van der Waals surface area contributed by atoms with Gasteiger partial charge < -0.3 is 14.6 Å². The van der Waals surface area contributed by atoms with Gasteiger partial charge in [-0.25, -0.2) is 0 Å². The van der Waals surface area contributed by atoms with Crippen molar-refractivity contribution in [2.24, 2.45) is 5.73 Å². The Labute approximate surface area is 104 Å². The van der Waals surface area contributed by atoms with Gasteiger partial charge in [-0.2, -0.15) is 4.98 Å². The Morgan fingerprint density at radius 2 is 2.11 bits per heavy atom. The molecule has 1 atom stereocenters. The molecule has 0 aromatic carbocycles. The molecule has 0 saturated carbocycles. The summed E-state index contributed by atoms with van der Waals surface area (Å²) in [5.74, 6) is 3.05. The number of aromatic nitrogens is 2. The minimum atomic E-state index is -0.224. The van der Waals surface area contributed by atoms with Crippen molar-refractivity contribution in [1.29, 1.82) is 0 Å². The second kappa shape index (κ2) is 4.03. The molecule has 5 heteroatoms. The minimum Gasteiger partial charge on any atom is -0.466 e. The number of oxazole rings is 1. The molecule has 2 N–H and O–H groups in total. The molecule has 0 fully saturated rings. The van der Waals surface area contributed by atoms with Crippen LogP contribution in [-0.2, 0) is 6.42 Å². The number of hydrogen-bond acceptors (Lipinski definition) is 4. The van der Waals surface area contributed by atoms with Crippen LogP contribution in [0.1, 0.15) is 29.0 Å². The first kappa shape index (κ1) is 11.1. The number of nitrogens with two attached hydrogens (primary N) is 1. The molecule has 0 aliphatic rings. The number of rotatable bonds is 3. The Kier molecular flexibility index (Phi) is 2.48. The summed E-state index contributed by atoms with van der Waals surface area (Å²) in [5, 5.41) is 0. The summed E-state index contributed by atoms with van der Waals surface area (Å²) in [7, 11) is 0. The van der Waals surface area contributed by atoms with Crippen molar-refractivity contribution in [3.63, 3.8) is 0 Å². The van der Waals surface area contributed by atoms with Crippen molar-refractivity contribution in [3.8, 4) is 0 Å². The number of hydrogen-bond donors (Lipinski definition) is 1. The summed E-state index contributed by atoms with van der Waals surface area (Å²) in [4.78, 5) is 4.24. The Morgan fingerprint density at radius 1 is 1.28 bits per heavy atom. The Bertz CT molecular complexity index is 646. The van der Waals surface area contributed by atoms with Crippen LogP contribution in [0.5, 0.6) is 0 Å². The minimum absolute atomic E-state index is 0.224. The van der Waals surface area contributed by atoms with Gasteiger partial charge in [0, 0.05) is 12.6 Å². The number of furan rings is 1. The van der Waals surface area contributed by atoms with E-state index in [0.717, 1.165) is 17.2 Å². The van der Waals surface area contributed by atoms with Gasteiger partial charge in [0.25, 0.3) is 0 Å². The van der Waals surface area contributed by atoms with Gasteiger partial charge in [0.1, 0.15) is 17.3 Å². The molecule has 1 unspecified atom stereocenters. The van der Waals surface area contributed by atoms with E-state index in [2.05, 4.69) is 4.98 Å². The van der Waals surface area contributed by atoms with E-state index in [9.17, 15) is 0 Å². The van der Waals surface area contributed by atoms with Gasteiger partial charge in [0.15, 0.2) is 0 Å². The van der Waals surface area contributed by atoms with Crippen LogP contribution in [0.25, 0.3) is 5.84 Å². The predicted octanol–water partition coefficient (Wildman–Crippen LogP) is 2.38. The van der Waals surface area contributed by atoms with E-state index in [1.165, 1.54) is 0 Å². The summed E-state index contributed by atoms with van der Waals surface area (Å²) in [5.41, 5.74) is 7.03. The van der Waals surface area contributed by atoms with Crippen LogP contribution in [0.15, 0.2) is 33.4 Å². The lowest BCUT2D eigenvalue weighted by Gasteiger charge is -2.05. The Hall–Kier alpha value is -2.01. The summed E-state index contributed by atoms with van der Waals surface area (Å²) in [6, 6.07) is 3.64. The lowest BCUT2D eigenvalue weighted by molar-refractivity contribution is 0.433. The maximum Gasteiger partial charge on any atom is 0.306 e. The van der Waals surface area contributed by atoms with Crippen LogP contribution in [-0.4, -0.2) is 9.38 Å². The first-order chi connectivity index (χ1) is 8.61. The van der Waals surface area contributed by atoms with Crippen LogP contribution in [0.2, 0.25) is 0 Å². The molecule has 0 radical (unpaired) electrons. The third kappa shape index (κ3) is 1.93. The molecular formula is C13H15N3O2. The lowest BCUT2D eigenvalue weighted by Crippen LogP contribution is -2.12. The molecule has 3 heterocycles. The fourth-order valence-electron chi connectivity index (χ4n) is 2.01. The van der Waals surface area contributed by atoms with Crippen molar-refractivity contribution < 1.29 is 8.83 Å². The molecule has 94 valence electrons. The van der Waals surface area contributed by atoms with E-state index in [1.54, 1.807) is 0 Å². The molecule has 3 rings (SSSR count). The van der Waals surface area contributed by atoms with Crippen molar-refractivity contribution in [2.75, 3.05) is 0 Å². The molecular weight excluding hydrogens is 230 g/mol. The second-order valence-corrected chi connectivity index (χ2v) is 4.53. The third-order valence-electron chi connectivity index (χ3n) is 2.88. The molecule has 5 nitrogen and oxygen atoms in total. The topological polar surface area (TPSA) is 69.6 Å². The van der Waals surface area contributed by atoms with Crippen LogP contribution >= 0.6 is 0 Å². The molecule has 0 aliphatic heterocycles. The summed E-state index contributed by atoms with van der Waals surface area (Å²) in [6.45, 7) is 3.84. The molecule has 0 aliphatic carbocycles. The number of aryl methyl sites for hydroxylation is 2. The molecule has 0 saturated heterocycles. The fourth-order valence-corrected chi connectivity index (χ4v) is 2.01. The fraction of sp³-hybridized carbons (Fsp3) is 0.308. The van der Waals surface area contributed by atoms with Crippen LogP contribution in [0.4, 0.5) is 0 Å². The SMILES string of the molecule is Cc1cn2cc(C(N)Cc3ccc(C)o3)oc2n1. The number of imidazole rings is 1. The zero-order chi connectivity index (χ0) is 12.7. The number of fused-ring (bicyclic) bond motifs is 1. The van der Waals surface area contributed by atoms with Crippen LogP contribution in [0, 0.1) is 13.8 Å².